The van der Waals surface area contributed by atoms with Crippen molar-refractivity contribution < 1.29 is 19.1 Å². The number of nitrogens with two attached hydrogens (primary N) is 1. The molecule has 0 spiro atoms. The number of hydrogen-bond acceptors (Lipinski definition) is 6. The molecule has 3 N–H and O–H groups in total. The van der Waals surface area contributed by atoms with Crippen LogP contribution in [0.5, 0.6) is 5.75 Å². The van der Waals surface area contributed by atoms with Gasteiger partial charge in [0.15, 0.2) is 5.96 Å². The minimum atomic E-state index is -0.510. The average molecular weight is 485 g/mol. The van der Waals surface area contributed by atoms with E-state index in [0.29, 0.717) is 32.3 Å². The Morgan fingerprint density at radius 3 is 2.63 bits per heavy atom. The number of aryl methyl sites for hydroxylation is 2. The maximum atomic E-state index is 13.4. The summed E-state index contributed by atoms with van der Waals surface area (Å²) >= 11 is 0. The Balaban J connectivity index is 1.52. The van der Waals surface area contributed by atoms with Crippen LogP contribution in [0.1, 0.15) is 76.1 Å². The number of rotatable bonds is 7. The first-order valence-electron chi connectivity index (χ1n) is 12.6. The third-order valence-electron chi connectivity index (χ3n) is 7.54. The second kappa shape index (κ2) is 9.12. The summed E-state index contributed by atoms with van der Waals surface area (Å²) in [5.74, 6) is 0.907. The highest BCUT2D eigenvalue weighted by atomic mass is 16.5. The van der Waals surface area contributed by atoms with Gasteiger partial charge in [-0.1, -0.05) is 6.07 Å². The number of fused-ring (bicyclic) bond motifs is 1. The largest absolute Gasteiger partial charge is 0.487 e. The van der Waals surface area contributed by atoms with Crippen LogP contribution in [0.25, 0.3) is 0 Å². The Labute approximate surface area is 208 Å². The maximum Gasteiger partial charge on any atom is 0.231 e. The Bertz CT molecular complexity index is 1050. The first-order chi connectivity index (χ1) is 16.3. The fourth-order valence-electron chi connectivity index (χ4n) is 5.58. The summed E-state index contributed by atoms with van der Waals surface area (Å²) in [6.07, 6.45) is 2.32. The van der Waals surface area contributed by atoms with Crippen molar-refractivity contribution in [1.82, 2.24) is 10.2 Å². The molecular weight excluding hydrogens is 444 g/mol. The topological polar surface area (TPSA) is 106 Å². The summed E-state index contributed by atoms with van der Waals surface area (Å²) in [5, 5.41) is 3.30. The highest BCUT2D eigenvalue weighted by Gasteiger charge is 2.52. The zero-order valence-corrected chi connectivity index (χ0v) is 22.1. The van der Waals surface area contributed by atoms with Crippen LogP contribution in [0.4, 0.5) is 0 Å². The second-order valence-corrected chi connectivity index (χ2v) is 11.7. The number of aliphatic imine (C=N–C) groups is 1. The van der Waals surface area contributed by atoms with Crippen LogP contribution in [0.2, 0.25) is 0 Å². The molecule has 4 atom stereocenters. The molecule has 0 bridgehead atoms. The van der Waals surface area contributed by atoms with E-state index in [1.54, 1.807) is 12.0 Å². The first kappa shape index (κ1) is 25.5. The Hall–Kier alpha value is -2.61. The molecule has 2 heterocycles. The van der Waals surface area contributed by atoms with E-state index in [0.717, 1.165) is 11.3 Å². The third kappa shape index (κ3) is 5.32. The van der Waals surface area contributed by atoms with Crippen molar-refractivity contribution >= 4 is 17.8 Å². The summed E-state index contributed by atoms with van der Waals surface area (Å²) in [6, 6.07) is 3.86. The number of hydrogen-bond donors (Lipinski definition) is 2. The van der Waals surface area contributed by atoms with Crippen LogP contribution in [-0.2, 0) is 14.3 Å². The highest BCUT2D eigenvalue weighted by molar-refractivity contribution is 5.99. The molecule has 1 aromatic carbocycles. The molecule has 1 aliphatic carbocycles. The molecule has 3 aliphatic rings. The van der Waals surface area contributed by atoms with Crippen molar-refractivity contribution in [3.63, 3.8) is 0 Å². The predicted octanol–water partition coefficient (Wildman–Crippen LogP) is 3.39. The molecule has 1 fully saturated rings. The van der Waals surface area contributed by atoms with E-state index in [2.05, 4.69) is 50.1 Å². The van der Waals surface area contributed by atoms with Crippen LogP contribution in [-0.4, -0.2) is 53.6 Å². The second-order valence-electron chi connectivity index (χ2n) is 11.7. The smallest absolute Gasteiger partial charge is 0.231 e. The van der Waals surface area contributed by atoms with Crippen LogP contribution in [0.15, 0.2) is 17.1 Å². The van der Waals surface area contributed by atoms with E-state index in [-0.39, 0.29) is 47.3 Å². The molecular formula is C27H40N4O4. The predicted molar refractivity (Wildman–Crippen MR) is 135 cm³/mol. The number of guanidine groups is 1. The maximum absolute atomic E-state index is 13.4. The van der Waals surface area contributed by atoms with E-state index in [4.69, 9.17) is 15.2 Å². The number of carbonyl (C=O) groups is 2. The number of nitrogens with zero attached hydrogens (tertiary/aromatic N) is 2. The standard InChI is InChI=1S/C27H40N4O4/c1-15-10-19-20(13-27(5,6)35-22(19)11-16(15)2)29-24(33)18-12-17(18)21(8-9-34-7)31-23(32)14-26(3,4)30-25(31)28/h10-11,17-18,20-21H,8-9,12-14H2,1-7H3,(H2,28,30)(H,29,33)/t17-,18-,20-,21+/m0/s1. The number of benzene rings is 1. The molecule has 192 valence electrons. The zero-order chi connectivity index (χ0) is 25.7. The lowest BCUT2D eigenvalue weighted by Crippen LogP contribution is -2.55. The monoisotopic (exact) mass is 484 g/mol. The van der Waals surface area contributed by atoms with Crippen LogP contribution in [0, 0.1) is 25.7 Å². The van der Waals surface area contributed by atoms with Crippen LogP contribution >= 0.6 is 0 Å². The van der Waals surface area contributed by atoms with Gasteiger partial charge in [-0.05, 0) is 77.5 Å². The molecule has 1 aromatic rings. The van der Waals surface area contributed by atoms with Gasteiger partial charge < -0.3 is 20.5 Å². The Morgan fingerprint density at radius 2 is 1.97 bits per heavy atom. The van der Waals surface area contributed by atoms with E-state index >= 15 is 0 Å². The summed E-state index contributed by atoms with van der Waals surface area (Å²) in [4.78, 5) is 32.6. The highest BCUT2D eigenvalue weighted by Crippen LogP contribution is 2.47. The molecule has 0 saturated heterocycles. The normalized spacial score (nSPS) is 27.4. The van der Waals surface area contributed by atoms with E-state index in [1.807, 2.05) is 13.8 Å². The van der Waals surface area contributed by atoms with E-state index in [1.165, 1.54) is 11.1 Å². The molecule has 0 radical (unpaired) electrons. The number of nitrogens with one attached hydrogen (secondary N) is 1. The quantitative estimate of drug-likeness (QED) is 0.617. The molecule has 0 aromatic heterocycles. The SMILES string of the molecule is COCC[C@H]([C@H]1C[C@@H]1C(=O)N[C@H]1CC(C)(C)Oc2cc(C)c(C)cc21)N1C(=O)CC(C)(C)N=C1N. The minimum absolute atomic E-state index is 0.0181. The fraction of sp³-hybridized carbons (Fsp3) is 0.667. The van der Waals surface area contributed by atoms with Crippen molar-refractivity contribution in [3.05, 3.63) is 28.8 Å². The third-order valence-corrected chi connectivity index (χ3v) is 7.54. The Kier molecular flexibility index (Phi) is 6.64. The average Bonchev–Trinajstić information content (AvgIpc) is 3.51. The van der Waals surface area contributed by atoms with Gasteiger partial charge in [0.25, 0.3) is 0 Å². The van der Waals surface area contributed by atoms with Crippen molar-refractivity contribution in [3.8, 4) is 5.75 Å². The van der Waals surface area contributed by atoms with E-state index < -0.39 is 5.54 Å². The number of methoxy groups -OCH3 is 1. The van der Waals surface area contributed by atoms with Gasteiger partial charge in [0.1, 0.15) is 11.4 Å². The zero-order valence-electron chi connectivity index (χ0n) is 22.1. The van der Waals surface area contributed by atoms with Gasteiger partial charge in [-0.2, -0.15) is 0 Å². The first-order valence-corrected chi connectivity index (χ1v) is 12.6. The molecule has 1 saturated carbocycles. The van der Waals surface area contributed by atoms with Gasteiger partial charge >= 0.3 is 0 Å². The van der Waals surface area contributed by atoms with Crippen molar-refractivity contribution in [2.75, 3.05) is 13.7 Å². The summed E-state index contributed by atoms with van der Waals surface area (Å²) < 4.78 is 11.5. The van der Waals surface area contributed by atoms with Gasteiger partial charge in [0.2, 0.25) is 11.8 Å². The number of carbonyl (C=O) groups excluding carboxylic acids is 2. The fourth-order valence-corrected chi connectivity index (χ4v) is 5.58. The Morgan fingerprint density at radius 1 is 1.29 bits per heavy atom. The van der Waals surface area contributed by atoms with Gasteiger partial charge in [0, 0.05) is 37.7 Å². The van der Waals surface area contributed by atoms with Crippen LogP contribution < -0.4 is 15.8 Å². The number of amides is 2. The molecule has 8 nitrogen and oxygen atoms in total. The van der Waals surface area contributed by atoms with Crippen molar-refractivity contribution in [2.45, 2.75) is 90.4 Å². The summed E-state index contributed by atoms with van der Waals surface area (Å²) in [5.41, 5.74) is 8.75. The molecule has 0 unspecified atom stereocenters. The molecule has 35 heavy (non-hydrogen) atoms. The lowest BCUT2D eigenvalue weighted by atomic mass is 9.88. The van der Waals surface area contributed by atoms with Gasteiger partial charge in [-0.3, -0.25) is 14.5 Å². The molecule has 2 aliphatic heterocycles. The van der Waals surface area contributed by atoms with Crippen molar-refractivity contribution in [2.24, 2.45) is 22.6 Å². The lowest BCUT2D eigenvalue weighted by molar-refractivity contribution is -0.132. The van der Waals surface area contributed by atoms with Crippen molar-refractivity contribution in [1.29, 1.82) is 0 Å². The number of ether oxygens (including phenoxy) is 2. The lowest BCUT2D eigenvalue weighted by Gasteiger charge is -2.39. The molecule has 4 rings (SSSR count). The van der Waals surface area contributed by atoms with Gasteiger partial charge in [0.05, 0.1) is 18.0 Å². The van der Waals surface area contributed by atoms with Crippen LogP contribution in [0.3, 0.4) is 0 Å². The van der Waals surface area contributed by atoms with E-state index in [9.17, 15) is 9.59 Å². The summed E-state index contributed by atoms with van der Waals surface area (Å²) in [7, 11) is 1.64. The molecule has 8 heteroatoms. The summed E-state index contributed by atoms with van der Waals surface area (Å²) in [6.45, 7) is 12.5. The van der Waals surface area contributed by atoms with Gasteiger partial charge in [-0.25, -0.2) is 4.99 Å². The van der Waals surface area contributed by atoms with Gasteiger partial charge in [-0.15, -0.1) is 0 Å². The molecule has 2 amide bonds. The minimum Gasteiger partial charge on any atom is -0.487 e.